The number of rotatable bonds is 4. The number of benzene rings is 1. The molecule has 0 saturated carbocycles. The lowest BCUT2D eigenvalue weighted by Gasteiger charge is -2.23. The fraction of sp³-hybridized carbons (Fsp3) is 0.429. The highest BCUT2D eigenvalue weighted by molar-refractivity contribution is 5.96. The number of carbonyl (C=O) groups excluding carboxylic acids is 1. The molecule has 6 nitrogen and oxygen atoms in total. The van der Waals surface area contributed by atoms with Crippen LogP contribution in [0.2, 0.25) is 0 Å². The molecule has 1 heterocycles. The molecule has 1 fully saturated rings. The van der Waals surface area contributed by atoms with Gasteiger partial charge in [-0.15, -0.1) is 0 Å². The van der Waals surface area contributed by atoms with Crippen LogP contribution in [0, 0.1) is 5.92 Å². The molecule has 0 aromatic heterocycles. The zero-order valence-electron chi connectivity index (χ0n) is 11.5. The van der Waals surface area contributed by atoms with E-state index in [1.807, 2.05) is 0 Å². The number of anilines is 1. The average Bonchev–Trinajstić information content (AvgIpc) is 2.94. The molecule has 6 heteroatoms. The van der Waals surface area contributed by atoms with Gasteiger partial charge in [0, 0.05) is 18.8 Å². The summed E-state index contributed by atoms with van der Waals surface area (Å²) in [6, 6.07) is 6.25. The van der Waals surface area contributed by atoms with Gasteiger partial charge in [-0.05, 0) is 31.3 Å². The van der Waals surface area contributed by atoms with Crippen molar-refractivity contribution < 1.29 is 19.4 Å². The topological polar surface area (TPSA) is 78.9 Å². The number of nitrogens with one attached hydrogen (secondary N) is 1. The van der Waals surface area contributed by atoms with Gasteiger partial charge in [-0.3, -0.25) is 4.79 Å². The van der Waals surface area contributed by atoms with Crippen molar-refractivity contribution in [2.45, 2.75) is 6.04 Å². The Morgan fingerprint density at radius 2 is 1.95 bits per heavy atom. The number of amides is 1. The highest BCUT2D eigenvalue weighted by atomic mass is 16.5. The molecule has 1 aromatic carbocycles. The van der Waals surface area contributed by atoms with Crippen molar-refractivity contribution in [3.05, 3.63) is 29.8 Å². The summed E-state index contributed by atoms with van der Waals surface area (Å²) in [4.78, 5) is 24.8. The Morgan fingerprint density at radius 1 is 1.30 bits per heavy atom. The van der Waals surface area contributed by atoms with Gasteiger partial charge in [0.25, 0.3) is 0 Å². The summed E-state index contributed by atoms with van der Waals surface area (Å²) in [5.74, 6) is -1.24. The van der Waals surface area contributed by atoms with Gasteiger partial charge in [0.15, 0.2) is 0 Å². The van der Waals surface area contributed by atoms with Crippen LogP contribution >= 0.6 is 0 Å². The first-order valence-electron chi connectivity index (χ1n) is 6.40. The maximum absolute atomic E-state index is 12.4. The quantitative estimate of drug-likeness (QED) is 0.842. The molecule has 1 aliphatic heterocycles. The normalized spacial score (nSPS) is 21.7. The molecule has 0 radical (unpaired) electrons. The van der Waals surface area contributed by atoms with Gasteiger partial charge in [-0.1, -0.05) is 0 Å². The molecule has 0 spiro atoms. The SMILES string of the molecule is CNC1COCC1C(=O)N(C)c1ccc(C(=O)O)cc1. The molecule has 2 rings (SSSR count). The van der Waals surface area contributed by atoms with Crippen molar-refractivity contribution in [1.82, 2.24) is 5.32 Å². The first-order chi connectivity index (χ1) is 9.54. The molecule has 2 atom stereocenters. The van der Waals surface area contributed by atoms with Gasteiger partial charge in [0.1, 0.15) is 0 Å². The van der Waals surface area contributed by atoms with Crippen molar-refractivity contribution in [2.75, 3.05) is 32.2 Å². The number of nitrogens with zero attached hydrogens (tertiary/aromatic N) is 1. The molecular formula is C14H18N2O4. The van der Waals surface area contributed by atoms with Crippen LogP contribution in [0.1, 0.15) is 10.4 Å². The van der Waals surface area contributed by atoms with Gasteiger partial charge in [0.05, 0.1) is 24.7 Å². The minimum atomic E-state index is -0.982. The molecule has 1 saturated heterocycles. The zero-order valence-corrected chi connectivity index (χ0v) is 11.5. The third-order valence-corrected chi connectivity index (χ3v) is 3.60. The van der Waals surface area contributed by atoms with Crippen molar-refractivity contribution in [3.63, 3.8) is 0 Å². The molecule has 0 aliphatic carbocycles. The van der Waals surface area contributed by atoms with E-state index in [0.717, 1.165) is 0 Å². The minimum absolute atomic E-state index is 0.0169. The number of aromatic carboxylic acids is 1. The lowest BCUT2D eigenvalue weighted by atomic mass is 10.0. The Bertz CT molecular complexity index is 500. The summed E-state index contributed by atoms with van der Waals surface area (Å²) in [5, 5.41) is 11.9. The summed E-state index contributed by atoms with van der Waals surface area (Å²) in [7, 11) is 3.49. The Balaban J connectivity index is 2.12. The van der Waals surface area contributed by atoms with Crippen molar-refractivity contribution >= 4 is 17.6 Å². The molecule has 2 unspecified atom stereocenters. The summed E-state index contributed by atoms with van der Waals surface area (Å²) >= 11 is 0. The zero-order chi connectivity index (χ0) is 14.7. The molecule has 20 heavy (non-hydrogen) atoms. The van der Waals surface area contributed by atoms with E-state index in [4.69, 9.17) is 9.84 Å². The fourth-order valence-electron chi connectivity index (χ4n) is 2.29. The van der Waals surface area contributed by atoms with Gasteiger partial charge in [-0.25, -0.2) is 4.79 Å². The second-order valence-electron chi connectivity index (χ2n) is 4.79. The van der Waals surface area contributed by atoms with Gasteiger partial charge >= 0.3 is 5.97 Å². The maximum Gasteiger partial charge on any atom is 0.335 e. The van der Waals surface area contributed by atoms with Crippen molar-refractivity contribution in [2.24, 2.45) is 5.92 Å². The molecule has 108 valence electrons. The first kappa shape index (κ1) is 14.5. The number of carbonyl (C=O) groups is 2. The van der Waals surface area contributed by atoms with Crippen LogP contribution in [0.5, 0.6) is 0 Å². The van der Waals surface area contributed by atoms with Crippen LogP contribution < -0.4 is 10.2 Å². The highest BCUT2D eigenvalue weighted by Crippen LogP contribution is 2.21. The van der Waals surface area contributed by atoms with E-state index in [-0.39, 0.29) is 23.4 Å². The molecule has 1 aliphatic rings. The van der Waals surface area contributed by atoms with Gasteiger partial charge in [-0.2, -0.15) is 0 Å². The summed E-state index contributed by atoms with van der Waals surface area (Å²) in [6.45, 7) is 0.931. The highest BCUT2D eigenvalue weighted by Gasteiger charge is 2.35. The number of hydrogen-bond acceptors (Lipinski definition) is 4. The number of ether oxygens (including phenoxy) is 1. The maximum atomic E-state index is 12.4. The van der Waals surface area contributed by atoms with Crippen LogP contribution in [0.4, 0.5) is 5.69 Å². The van der Waals surface area contributed by atoms with Crippen LogP contribution in [0.3, 0.4) is 0 Å². The minimum Gasteiger partial charge on any atom is -0.478 e. The van der Waals surface area contributed by atoms with E-state index in [1.165, 1.54) is 17.0 Å². The molecule has 1 aromatic rings. The Hall–Kier alpha value is -1.92. The van der Waals surface area contributed by atoms with Crippen LogP contribution in [-0.4, -0.2) is 50.3 Å². The van der Waals surface area contributed by atoms with Crippen LogP contribution in [0.25, 0.3) is 0 Å². The lowest BCUT2D eigenvalue weighted by Crippen LogP contribution is -2.43. The number of hydrogen-bond donors (Lipinski definition) is 2. The second kappa shape index (κ2) is 6.02. The smallest absolute Gasteiger partial charge is 0.335 e. The first-order valence-corrected chi connectivity index (χ1v) is 6.40. The van der Waals surface area contributed by atoms with E-state index in [0.29, 0.717) is 18.9 Å². The second-order valence-corrected chi connectivity index (χ2v) is 4.79. The summed E-state index contributed by atoms with van der Waals surface area (Å²) in [6.07, 6.45) is 0. The van der Waals surface area contributed by atoms with E-state index in [9.17, 15) is 9.59 Å². The summed E-state index contributed by atoms with van der Waals surface area (Å²) in [5.41, 5.74) is 0.869. The third kappa shape index (κ3) is 2.81. The van der Waals surface area contributed by atoms with E-state index < -0.39 is 5.97 Å². The lowest BCUT2D eigenvalue weighted by molar-refractivity contribution is -0.122. The van der Waals surface area contributed by atoms with Crippen molar-refractivity contribution in [3.8, 4) is 0 Å². The van der Waals surface area contributed by atoms with E-state index >= 15 is 0 Å². The number of likely N-dealkylation sites (N-methyl/N-ethyl adjacent to an activating group) is 1. The Labute approximate surface area is 117 Å². The number of carboxylic acids is 1. The van der Waals surface area contributed by atoms with E-state index in [1.54, 1.807) is 26.2 Å². The standard InChI is InChI=1S/C14H18N2O4/c1-15-12-8-20-7-11(12)13(17)16(2)10-5-3-9(4-6-10)14(18)19/h3-6,11-12,15H,7-8H2,1-2H3,(H,18,19). The molecule has 1 amide bonds. The Morgan fingerprint density at radius 3 is 2.50 bits per heavy atom. The van der Waals surface area contributed by atoms with Gasteiger partial charge < -0.3 is 20.1 Å². The van der Waals surface area contributed by atoms with E-state index in [2.05, 4.69) is 5.32 Å². The predicted octanol–water partition coefficient (Wildman–Crippen LogP) is 0.582. The average molecular weight is 278 g/mol. The van der Waals surface area contributed by atoms with Gasteiger partial charge in [0.2, 0.25) is 5.91 Å². The largest absolute Gasteiger partial charge is 0.478 e. The number of carboxylic acid groups (broad SMARTS) is 1. The van der Waals surface area contributed by atoms with Crippen LogP contribution in [0.15, 0.2) is 24.3 Å². The summed E-state index contributed by atoms with van der Waals surface area (Å²) < 4.78 is 5.33. The third-order valence-electron chi connectivity index (χ3n) is 3.60. The molecule has 2 N–H and O–H groups in total. The van der Waals surface area contributed by atoms with Crippen LogP contribution in [-0.2, 0) is 9.53 Å². The fourth-order valence-corrected chi connectivity index (χ4v) is 2.29. The molecular weight excluding hydrogens is 260 g/mol. The van der Waals surface area contributed by atoms with Crippen molar-refractivity contribution in [1.29, 1.82) is 0 Å². The monoisotopic (exact) mass is 278 g/mol. The molecule has 0 bridgehead atoms. The Kier molecular flexibility index (Phi) is 4.36. The predicted molar refractivity (Wildman–Crippen MR) is 74.0 cm³/mol.